The van der Waals surface area contributed by atoms with Crippen LogP contribution in [-0.4, -0.2) is 18.6 Å². The van der Waals surface area contributed by atoms with Crippen LogP contribution in [0.3, 0.4) is 0 Å². The largest absolute Gasteiger partial charge is 0.326 e. The van der Waals surface area contributed by atoms with Crippen molar-refractivity contribution in [1.82, 2.24) is 5.32 Å². The summed E-state index contributed by atoms with van der Waals surface area (Å²) in [6.07, 6.45) is 3.55. The van der Waals surface area contributed by atoms with E-state index in [1.807, 2.05) is 0 Å². The number of rotatable bonds is 7. The molecule has 2 nitrogen and oxygen atoms in total. The van der Waals surface area contributed by atoms with Crippen LogP contribution in [-0.2, 0) is 0 Å². The molecule has 0 aliphatic carbocycles. The van der Waals surface area contributed by atoms with Gasteiger partial charge in [-0.3, -0.25) is 0 Å². The highest BCUT2D eigenvalue weighted by molar-refractivity contribution is 4.71. The molecule has 0 aromatic rings. The quantitative estimate of drug-likeness (QED) is 0.598. The number of nitrogens with two attached hydrogens (primary N) is 1. The zero-order valence-electron chi connectivity index (χ0n) is 9.69. The van der Waals surface area contributed by atoms with E-state index in [2.05, 4.69) is 33.0 Å². The van der Waals surface area contributed by atoms with Gasteiger partial charge < -0.3 is 11.1 Å². The summed E-state index contributed by atoms with van der Waals surface area (Å²) >= 11 is 0. The van der Waals surface area contributed by atoms with Crippen molar-refractivity contribution in [2.24, 2.45) is 11.7 Å². The van der Waals surface area contributed by atoms with Gasteiger partial charge in [0.1, 0.15) is 0 Å². The van der Waals surface area contributed by atoms with E-state index in [4.69, 9.17) is 5.73 Å². The van der Waals surface area contributed by atoms with Gasteiger partial charge in [0.05, 0.1) is 0 Å². The molecule has 0 aliphatic heterocycles. The van der Waals surface area contributed by atoms with Crippen LogP contribution in [0.5, 0.6) is 0 Å². The summed E-state index contributed by atoms with van der Waals surface area (Å²) in [6.45, 7) is 10.9. The van der Waals surface area contributed by atoms with E-state index in [0.717, 1.165) is 25.4 Å². The minimum atomic E-state index is -0.000270. The molecule has 0 aromatic carbocycles. The van der Waals surface area contributed by atoms with Crippen LogP contribution >= 0.6 is 0 Å². The zero-order valence-corrected chi connectivity index (χ0v) is 9.69. The molecule has 0 heterocycles. The lowest BCUT2D eigenvalue weighted by atomic mass is 10.0. The molecule has 80 valence electrons. The van der Waals surface area contributed by atoms with Gasteiger partial charge in [-0.25, -0.2) is 0 Å². The fourth-order valence-corrected chi connectivity index (χ4v) is 1.18. The summed E-state index contributed by atoms with van der Waals surface area (Å²) in [5.41, 5.74) is 5.87. The summed E-state index contributed by atoms with van der Waals surface area (Å²) in [6, 6.07) is 0. The molecule has 3 N–H and O–H groups in total. The number of hydrogen-bond donors (Lipinski definition) is 2. The Balaban J connectivity index is 3.09. The molecular weight excluding hydrogens is 160 g/mol. The van der Waals surface area contributed by atoms with E-state index in [9.17, 15) is 0 Å². The van der Waals surface area contributed by atoms with Crippen LogP contribution in [0.1, 0.15) is 47.0 Å². The maximum absolute atomic E-state index is 5.87. The standard InChI is InChI=1S/C11H26N2/c1-10(2)6-9-13-8-5-7-11(3,4)12/h10,13H,5-9,12H2,1-4H3. The molecule has 0 atom stereocenters. The summed E-state index contributed by atoms with van der Waals surface area (Å²) in [5.74, 6) is 0.804. The highest BCUT2D eigenvalue weighted by atomic mass is 14.8. The Hall–Kier alpha value is -0.0800. The first-order chi connectivity index (χ1) is 5.92. The molecule has 0 aromatic heterocycles. The Labute approximate surface area is 83.3 Å². The molecule has 2 heteroatoms. The van der Waals surface area contributed by atoms with Gasteiger partial charge in [-0.2, -0.15) is 0 Å². The monoisotopic (exact) mass is 186 g/mol. The summed E-state index contributed by atoms with van der Waals surface area (Å²) in [4.78, 5) is 0. The highest BCUT2D eigenvalue weighted by Crippen LogP contribution is 2.05. The van der Waals surface area contributed by atoms with Gasteiger partial charge in [0.15, 0.2) is 0 Å². The third-order valence-corrected chi connectivity index (χ3v) is 2.07. The molecule has 0 spiro atoms. The van der Waals surface area contributed by atoms with Crippen molar-refractivity contribution in [3.05, 3.63) is 0 Å². The van der Waals surface area contributed by atoms with Crippen molar-refractivity contribution in [3.63, 3.8) is 0 Å². The minimum Gasteiger partial charge on any atom is -0.326 e. The molecular formula is C11H26N2. The van der Waals surface area contributed by atoms with E-state index in [-0.39, 0.29) is 5.54 Å². The van der Waals surface area contributed by atoms with Gasteiger partial charge in [-0.1, -0.05) is 13.8 Å². The molecule has 0 saturated carbocycles. The van der Waals surface area contributed by atoms with E-state index < -0.39 is 0 Å². The van der Waals surface area contributed by atoms with Crippen molar-refractivity contribution in [3.8, 4) is 0 Å². The molecule has 0 rings (SSSR count). The number of nitrogens with one attached hydrogen (secondary N) is 1. The summed E-state index contributed by atoms with van der Waals surface area (Å²) in [5, 5.41) is 3.43. The third-order valence-electron chi connectivity index (χ3n) is 2.07. The Morgan fingerprint density at radius 2 is 1.85 bits per heavy atom. The molecule has 0 aliphatic rings. The van der Waals surface area contributed by atoms with E-state index in [1.165, 1.54) is 12.8 Å². The lowest BCUT2D eigenvalue weighted by Gasteiger charge is -2.18. The number of hydrogen-bond acceptors (Lipinski definition) is 2. The molecule has 0 bridgehead atoms. The van der Waals surface area contributed by atoms with Crippen LogP contribution in [0.15, 0.2) is 0 Å². The van der Waals surface area contributed by atoms with Crippen LogP contribution in [0.25, 0.3) is 0 Å². The normalized spacial score (nSPS) is 12.5. The van der Waals surface area contributed by atoms with Crippen molar-refractivity contribution >= 4 is 0 Å². The minimum absolute atomic E-state index is 0.000270. The van der Waals surface area contributed by atoms with Crippen LogP contribution in [0, 0.1) is 5.92 Å². The first-order valence-corrected chi connectivity index (χ1v) is 5.41. The second-order valence-electron chi connectivity index (χ2n) is 5.02. The van der Waals surface area contributed by atoms with Crippen molar-refractivity contribution in [2.75, 3.05) is 13.1 Å². The molecule has 0 saturated heterocycles. The lowest BCUT2D eigenvalue weighted by Crippen LogP contribution is -2.32. The van der Waals surface area contributed by atoms with E-state index in [1.54, 1.807) is 0 Å². The Morgan fingerprint density at radius 3 is 2.31 bits per heavy atom. The van der Waals surface area contributed by atoms with Crippen LogP contribution in [0.2, 0.25) is 0 Å². The highest BCUT2D eigenvalue weighted by Gasteiger charge is 2.08. The molecule has 0 amide bonds. The summed E-state index contributed by atoms with van der Waals surface area (Å²) < 4.78 is 0. The fraction of sp³-hybridized carbons (Fsp3) is 1.00. The second-order valence-corrected chi connectivity index (χ2v) is 5.02. The Bertz CT molecular complexity index is 114. The first kappa shape index (κ1) is 12.9. The topological polar surface area (TPSA) is 38.0 Å². The van der Waals surface area contributed by atoms with Crippen LogP contribution < -0.4 is 11.1 Å². The SMILES string of the molecule is CC(C)CCNCCCC(C)(C)N. The first-order valence-electron chi connectivity index (χ1n) is 5.41. The van der Waals surface area contributed by atoms with Crippen molar-refractivity contribution in [2.45, 2.75) is 52.5 Å². The average molecular weight is 186 g/mol. The smallest absolute Gasteiger partial charge is 0.00975 e. The summed E-state index contributed by atoms with van der Waals surface area (Å²) in [7, 11) is 0. The van der Waals surface area contributed by atoms with Gasteiger partial charge >= 0.3 is 0 Å². The Morgan fingerprint density at radius 1 is 1.23 bits per heavy atom. The molecule has 0 fully saturated rings. The third kappa shape index (κ3) is 11.9. The maximum atomic E-state index is 5.87. The van der Waals surface area contributed by atoms with E-state index in [0.29, 0.717) is 0 Å². The van der Waals surface area contributed by atoms with Crippen molar-refractivity contribution in [1.29, 1.82) is 0 Å². The second kappa shape index (κ2) is 6.39. The van der Waals surface area contributed by atoms with Crippen molar-refractivity contribution < 1.29 is 0 Å². The molecule has 13 heavy (non-hydrogen) atoms. The predicted molar refractivity (Wildman–Crippen MR) is 59.8 cm³/mol. The Kier molecular flexibility index (Phi) is 6.35. The lowest BCUT2D eigenvalue weighted by molar-refractivity contribution is 0.442. The van der Waals surface area contributed by atoms with Gasteiger partial charge in [-0.15, -0.1) is 0 Å². The zero-order chi connectivity index (χ0) is 10.3. The van der Waals surface area contributed by atoms with Gasteiger partial charge in [0, 0.05) is 5.54 Å². The van der Waals surface area contributed by atoms with Gasteiger partial charge in [0.25, 0.3) is 0 Å². The fourth-order valence-electron chi connectivity index (χ4n) is 1.18. The predicted octanol–water partition coefficient (Wildman–Crippen LogP) is 2.14. The molecule has 0 unspecified atom stereocenters. The van der Waals surface area contributed by atoms with Crippen LogP contribution in [0.4, 0.5) is 0 Å². The van der Waals surface area contributed by atoms with Gasteiger partial charge in [-0.05, 0) is 52.1 Å². The molecule has 0 radical (unpaired) electrons. The average Bonchev–Trinajstić information content (AvgIpc) is 1.93. The maximum Gasteiger partial charge on any atom is 0.00975 e. The van der Waals surface area contributed by atoms with Gasteiger partial charge in [0.2, 0.25) is 0 Å². The van der Waals surface area contributed by atoms with E-state index >= 15 is 0 Å².